The van der Waals surface area contributed by atoms with Gasteiger partial charge in [0.2, 0.25) is 10.0 Å². The minimum Gasteiger partial charge on any atom is -0.327 e. The predicted molar refractivity (Wildman–Crippen MR) is 65.0 cm³/mol. The van der Waals surface area contributed by atoms with Crippen LogP contribution in [-0.2, 0) is 10.0 Å². The zero-order valence-electron chi connectivity index (χ0n) is 9.20. The Balaban J connectivity index is 2.99. The van der Waals surface area contributed by atoms with Crippen LogP contribution in [0, 0.1) is 6.92 Å². The van der Waals surface area contributed by atoms with Crippen molar-refractivity contribution in [2.24, 2.45) is 5.73 Å². The normalized spacial score (nSPS) is 13.8. The van der Waals surface area contributed by atoms with Crippen LogP contribution in [0.25, 0.3) is 0 Å². The van der Waals surface area contributed by atoms with Gasteiger partial charge >= 0.3 is 0 Å². The molecule has 0 spiro atoms. The third kappa shape index (κ3) is 3.45. The Morgan fingerprint density at radius 2 is 2.12 bits per heavy atom. The fourth-order valence-corrected chi connectivity index (χ4v) is 2.88. The second-order valence-corrected chi connectivity index (χ2v) is 5.91. The van der Waals surface area contributed by atoms with E-state index in [1.54, 1.807) is 19.1 Å². The summed E-state index contributed by atoms with van der Waals surface area (Å²) in [5.41, 5.74) is 6.39. The van der Waals surface area contributed by atoms with Crippen LogP contribution in [0.1, 0.15) is 12.5 Å². The third-order valence-corrected chi connectivity index (χ3v) is 3.88. The van der Waals surface area contributed by atoms with Gasteiger partial charge in [-0.25, -0.2) is 13.1 Å². The first-order chi connectivity index (χ1) is 7.33. The molecule has 0 heterocycles. The summed E-state index contributed by atoms with van der Waals surface area (Å²) in [5.74, 6) is 0. The van der Waals surface area contributed by atoms with Gasteiger partial charge in [-0.2, -0.15) is 0 Å². The van der Waals surface area contributed by atoms with Gasteiger partial charge in [-0.05, 0) is 31.5 Å². The van der Waals surface area contributed by atoms with Crippen molar-refractivity contribution in [2.45, 2.75) is 24.8 Å². The van der Waals surface area contributed by atoms with Crippen LogP contribution in [-0.4, -0.2) is 21.0 Å². The van der Waals surface area contributed by atoms with Gasteiger partial charge in [0.15, 0.2) is 0 Å². The first-order valence-electron chi connectivity index (χ1n) is 4.84. The molecular formula is C10H15ClN2O2S. The molecule has 0 saturated carbocycles. The molecule has 0 amide bonds. The highest BCUT2D eigenvalue weighted by Crippen LogP contribution is 2.21. The van der Waals surface area contributed by atoms with Crippen LogP contribution in [0.2, 0.25) is 5.02 Å². The van der Waals surface area contributed by atoms with Crippen LogP contribution in [0.15, 0.2) is 23.1 Å². The largest absolute Gasteiger partial charge is 0.327 e. The Hall–Kier alpha value is -0.620. The molecule has 0 aliphatic heterocycles. The van der Waals surface area contributed by atoms with Gasteiger partial charge in [-0.1, -0.05) is 17.7 Å². The van der Waals surface area contributed by atoms with Crippen molar-refractivity contribution in [3.05, 3.63) is 28.8 Å². The lowest BCUT2D eigenvalue weighted by Gasteiger charge is -2.10. The van der Waals surface area contributed by atoms with E-state index in [-0.39, 0.29) is 22.5 Å². The Morgan fingerprint density at radius 3 is 2.62 bits per heavy atom. The quantitative estimate of drug-likeness (QED) is 0.858. The Labute approximate surface area is 101 Å². The molecule has 3 N–H and O–H groups in total. The minimum absolute atomic E-state index is 0.0837. The molecule has 0 fully saturated rings. The van der Waals surface area contributed by atoms with E-state index in [0.29, 0.717) is 0 Å². The summed E-state index contributed by atoms with van der Waals surface area (Å²) in [7, 11) is -3.56. The number of aryl methyl sites for hydroxylation is 1. The van der Waals surface area contributed by atoms with Crippen molar-refractivity contribution in [1.29, 1.82) is 0 Å². The first-order valence-corrected chi connectivity index (χ1v) is 6.70. The number of hydrogen-bond donors (Lipinski definition) is 2. The number of halogens is 1. The molecule has 1 atom stereocenters. The fourth-order valence-electron chi connectivity index (χ4n) is 1.14. The highest BCUT2D eigenvalue weighted by atomic mass is 35.5. The Morgan fingerprint density at radius 1 is 1.50 bits per heavy atom. The van der Waals surface area contributed by atoms with Gasteiger partial charge in [0.25, 0.3) is 0 Å². The molecule has 0 aliphatic rings. The van der Waals surface area contributed by atoms with Crippen molar-refractivity contribution in [2.75, 3.05) is 6.54 Å². The van der Waals surface area contributed by atoms with Gasteiger partial charge in [-0.15, -0.1) is 0 Å². The Kier molecular flexibility index (Phi) is 4.32. The van der Waals surface area contributed by atoms with E-state index >= 15 is 0 Å². The minimum atomic E-state index is -3.56. The van der Waals surface area contributed by atoms with E-state index in [1.165, 1.54) is 6.07 Å². The summed E-state index contributed by atoms with van der Waals surface area (Å²) < 4.78 is 26.0. The topological polar surface area (TPSA) is 72.2 Å². The summed E-state index contributed by atoms with van der Waals surface area (Å²) in [5, 5.41) is 0.220. The zero-order valence-corrected chi connectivity index (χ0v) is 10.8. The van der Waals surface area contributed by atoms with Gasteiger partial charge in [0.1, 0.15) is 4.90 Å². The van der Waals surface area contributed by atoms with Crippen LogP contribution in [0.4, 0.5) is 0 Å². The molecule has 0 bridgehead atoms. The fraction of sp³-hybridized carbons (Fsp3) is 0.400. The Bertz CT molecular complexity index is 472. The second kappa shape index (κ2) is 5.14. The summed E-state index contributed by atoms with van der Waals surface area (Å²) in [6.45, 7) is 3.75. The number of hydrogen-bond acceptors (Lipinski definition) is 3. The van der Waals surface area contributed by atoms with Gasteiger partial charge in [-0.3, -0.25) is 0 Å². The molecule has 0 aromatic heterocycles. The number of nitrogens with one attached hydrogen (secondary N) is 1. The van der Waals surface area contributed by atoms with Crippen molar-refractivity contribution in [3.8, 4) is 0 Å². The molecule has 1 aromatic rings. The highest BCUT2D eigenvalue weighted by Gasteiger charge is 2.17. The molecule has 0 saturated heterocycles. The lowest BCUT2D eigenvalue weighted by molar-refractivity contribution is 0.574. The van der Waals surface area contributed by atoms with E-state index in [4.69, 9.17) is 17.3 Å². The summed E-state index contributed by atoms with van der Waals surface area (Å²) in [6.07, 6.45) is 0. The van der Waals surface area contributed by atoms with E-state index in [2.05, 4.69) is 4.72 Å². The summed E-state index contributed by atoms with van der Waals surface area (Å²) >= 11 is 5.88. The molecule has 90 valence electrons. The van der Waals surface area contributed by atoms with Crippen LogP contribution in [0.3, 0.4) is 0 Å². The average molecular weight is 263 g/mol. The van der Waals surface area contributed by atoms with Crippen LogP contribution < -0.4 is 10.5 Å². The maximum absolute atomic E-state index is 11.8. The molecule has 0 aliphatic carbocycles. The summed E-state index contributed by atoms with van der Waals surface area (Å²) in [6, 6.07) is 4.56. The second-order valence-electron chi connectivity index (χ2n) is 3.76. The lowest BCUT2D eigenvalue weighted by atomic mass is 10.2. The number of nitrogens with two attached hydrogens (primary N) is 1. The highest BCUT2D eigenvalue weighted by molar-refractivity contribution is 7.89. The first kappa shape index (κ1) is 13.4. The number of rotatable bonds is 4. The molecule has 4 nitrogen and oxygen atoms in total. The maximum Gasteiger partial charge on any atom is 0.242 e. The third-order valence-electron chi connectivity index (χ3n) is 1.97. The van der Waals surface area contributed by atoms with E-state index in [1.807, 2.05) is 6.92 Å². The van der Waals surface area contributed by atoms with E-state index in [0.717, 1.165) is 5.56 Å². The summed E-state index contributed by atoms with van der Waals surface area (Å²) in [4.78, 5) is 0.0837. The van der Waals surface area contributed by atoms with Crippen molar-refractivity contribution in [3.63, 3.8) is 0 Å². The monoisotopic (exact) mass is 262 g/mol. The zero-order chi connectivity index (χ0) is 12.3. The van der Waals surface area contributed by atoms with Crippen molar-refractivity contribution >= 4 is 21.6 Å². The number of sulfonamides is 1. The molecular weight excluding hydrogens is 248 g/mol. The smallest absolute Gasteiger partial charge is 0.242 e. The van der Waals surface area contributed by atoms with Gasteiger partial charge in [0.05, 0.1) is 5.02 Å². The van der Waals surface area contributed by atoms with E-state index in [9.17, 15) is 8.42 Å². The molecule has 1 aromatic carbocycles. The molecule has 6 heteroatoms. The number of benzene rings is 1. The van der Waals surface area contributed by atoms with Crippen molar-refractivity contribution < 1.29 is 8.42 Å². The van der Waals surface area contributed by atoms with Gasteiger partial charge in [0, 0.05) is 12.6 Å². The van der Waals surface area contributed by atoms with E-state index < -0.39 is 10.0 Å². The van der Waals surface area contributed by atoms with Crippen LogP contribution >= 0.6 is 11.6 Å². The average Bonchev–Trinajstić information content (AvgIpc) is 2.14. The predicted octanol–water partition coefficient (Wildman–Crippen LogP) is 1.27. The lowest BCUT2D eigenvalue weighted by Crippen LogP contribution is -2.35. The van der Waals surface area contributed by atoms with Gasteiger partial charge < -0.3 is 5.73 Å². The maximum atomic E-state index is 11.8. The van der Waals surface area contributed by atoms with Crippen LogP contribution in [0.5, 0.6) is 0 Å². The molecule has 1 unspecified atom stereocenters. The molecule has 0 radical (unpaired) electrons. The SMILES string of the molecule is Cc1ccc(S(=O)(=O)NCC(C)N)c(Cl)c1. The molecule has 1 rings (SSSR count). The van der Waals surface area contributed by atoms with Crippen molar-refractivity contribution in [1.82, 2.24) is 4.72 Å². The standard InChI is InChI=1S/C10H15ClN2O2S/c1-7-3-4-10(9(11)5-7)16(14,15)13-6-8(2)12/h3-5,8,13H,6,12H2,1-2H3. The molecule has 16 heavy (non-hydrogen) atoms.